The molecule has 0 radical (unpaired) electrons. The molecule has 4 heteroatoms. The van der Waals surface area contributed by atoms with Crippen molar-refractivity contribution in [2.75, 3.05) is 13.1 Å². The van der Waals surface area contributed by atoms with Crippen molar-refractivity contribution in [1.82, 2.24) is 10.2 Å². The number of carbonyl (C=O) groups excluding carboxylic acids is 1. The standard InChI is InChI=1S/C15H22N2O2/c1-4-17(10-15(2,3)19)14(18)11-5-6-12-8-16-9-13(12)7-11/h5-7,16,19H,4,8-10H2,1-3H3. The Labute approximate surface area is 114 Å². The summed E-state index contributed by atoms with van der Waals surface area (Å²) in [4.78, 5) is 14.1. The minimum atomic E-state index is -0.871. The second-order valence-corrected chi connectivity index (χ2v) is 5.72. The van der Waals surface area contributed by atoms with Crippen LogP contribution in [0.2, 0.25) is 0 Å². The molecule has 1 heterocycles. The van der Waals surface area contributed by atoms with E-state index in [1.54, 1.807) is 18.7 Å². The molecule has 1 amide bonds. The number of likely N-dealkylation sites (N-methyl/N-ethyl adjacent to an activating group) is 1. The highest BCUT2D eigenvalue weighted by Gasteiger charge is 2.23. The van der Waals surface area contributed by atoms with E-state index in [4.69, 9.17) is 0 Å². The van der Waals surface area contributed by atoms with Crippen molar-refractivity contribution >= 4 is 5.91 Å². The summed E-state index contributed by atoms with van der Waals surface area (Å²) in [5.41, 5.74) is 2.30. The Bertz CT molecular complexity index is 478. The monoisotopic (exact) mass is 262 g/mol. The smallest absolute Gasteiger partial charge is 0.253 e. The molecule has 104 valence electrons. The Morgan fingerprint density at radius 2 is 2.05 bits per heavy atom. The Hall–Kier alpha value is -1.39. The normalized spacial score (nSPS) is 14.3. The Kier molecular flexibility index (Phi) is 3.92. The lowest BCUT2D eigenvalue weighted by atomic mass is 10.0. The van der Waals surface area contributed by atoms with Crippen LogP contribution in [0.4, 0.5) is 0 Å². The SMILES string of the molecule is CCN(CC(C)(C)O)C(=O)c1ccc2c(c1)CNC2. The van der Waals surface area contributed by atoms with E-state index in [2.05, 4.69) is 5.32 Å². The number of fused-ring (bicyclic) bond motifs is 1. The van der Waals surface area contributed by atoms with Gasteiger partial charge in [0.1, 0.15) is 0 Å². The minimum absolute atomic E-state index is 0.0145. The lowest BCUT2D eigenvalue weighted by Crippen LogP contribution is -2.42. The summed E-state index contributed by atoms with van der Waals surface area (Å²) in [5, 5.41) is 13.1. The predicted octanol–water partition coefficient (Wildman–Crippen LogP) is 1.52. The van der Waals surface area contributed by atoms with E-state index in [9.17, 15) is 9.90 Å². The van der Waals surface area contributed by atoms with Crippen LogP contribution in [-0.2, 0) is 13.1 Å². The zero-order valence-corrected chi connectivity index (χ0v) is 11.9. The fourth-order valence-electron chi connectivity index (χ4n) is 2.40. The van der Waals surface area contributed by atoms with Crippen LogP contribution in [0.1, 0.15) is 42.3 Å². The molecule has 1 aromatic rings. The van der Waals surface area contributed by atoms with Gasteiger partial charge >= 0.3 is 0 Å². The van der Waals surface area contributed by atoms with Gasteiger partial charge in [-0.25, -0.2) is 0 Å². The zero-order valence-electron chi connectivity index (χ0n) is 11.9. The summed E-state index contributed by atoms with van der Waals surface area (Å²) >= 11 is 0. The van der Waals surface area contributed by atoms with E-state index in [0.29, 0.717) is 18.7 Å². The lowest BCUT2D eigenvalue weighted by Gasteiger charge is -2.28. The van der Waals surface area contributed by atoms with Crippen LogP contribution >= 0.6 is 0 Å². The number of amides is 1. The highest BCUT2D eigenvalue weighted by molar-refractivity contribution is 5.94. The number of hydrogen-bond donors (Lipinski definition) is 2. The molecule has 0 fully saturated rings. The number of hydrogen-bond acceptors (Lipinski definition) is 3. The second kappa shape index (κ2) is 5.31. The van der Waals surface area contributed by atoms with E-state index in [1.807, 2.05) is 25.1 Å². The number of benzene rings is 1. The van der Waals surface area contributed by atoms with Gasteiger partial charge < -0.3 is 15.3 Å². The molecular formula is C15H22N2O2. The average Bonchev–Trinajstić information content (AvgIpc) is 2.81. The van der Waals surface area contributed by atoms with Gasteiger partial charge in [0.25, 0.3) is 5.91 Å². The molecule has 1 aliphatic heterocycles. The molecule has 0 saturated carbocycles. The maximum absolute atomic E-state index is 12.4. The summed E-state index contributed by atoms with van der Waals surface area (Å²) in [7, 11) is 0. The van der Waals surface area contributed by atoms with Crippen molar-refractivity contribution < 1.29 is 9.90 Å². The summed E-state index contributed by atoms with van der Waals surface area (Å²) in [6.45, 7) is 8.01. The predicted molar refractivity (Wildman–Crippen MR) is 74.9 cm³/mol. The van der Waals surface area contributed by atoms with Gasteiger partial charge in [-0.1, -0.05) is 6.07 Å². The highest BCUT2D eigenvalue weighted by atomic mass is 16.3. The van der Waals surface area contributed by atoms with Crippen LogP contribution in [0.15, 0.2) is 18.2 Å². The van der Waals surface area contributed by atoms with Crippen LogP contribution in [-0.4, -0.2) is 34.6 Å². The van der Waals surface area contributed by atoms with E-state index in [-0.39, 0.29) is 5.91 Å². The molecule has 2 rings (SSSR count). The number of nitrogens with one attached hydrogen (secondary N) is 1. The van der Waals surface area contributed by atoms with Crippen molar-refractivity contribution in [2.24, 2.45) is 0 Å². The first-order chi connectivity index (χ1) is 8.90. The summed E-state index contributed by atoms with van der Waals surface area (Å²) in [5.74, 6) is -0.0145. The van der Waals surface area contributed by atoms with Gasteiger partial charge in [-0.3, -0.25) is 4.79 Å². The summed E-state index contributed by atoms with van der Waals surface area (Å²) in [6, 6.07) is 5.85. The highest BCUT2D eigenvalue weighted by Crippen LogP contribution is 2.18. The molecule has 0 saturated heterocycles. The molecule has 4 nitrogen and oxygen atoms in total. The first-order valence-corrected chi connectivity index (χ1v) is 6.75. The van der Waals surface area contributed by atoms with Gasteiger partial charge in [-0.2, -0.15) is 0 Å². The number of nitrogens with zero attached hydrogens (tertiary/aromatic N) is 1. The van der Waals surface area contributed by atoms with Crippen LogP contribution in [0.3, 0.4) is 0 Å². The minimum Gasteiger partial charge on any atom is -0.389 e. The largest absolute Gasteiger partial charge is 0.389 e. The van der Waals surface area contributed by atoms with Crippen LogP contribution in [0.5, 0.6) is 0 Å². The van der Waals surface area contributed by atoms with Crippen molar-refractivity contribution in [1.29, 1.82) is 0 Å². The third-order valence-corrected chi connectivity index (χ3v) is 3.33. The average molecular weight is 262 g/mol. The van der Waals surface area contributed by atoms with E-state index in [0.717, 1.165) is 13.1 Å². The Morgan fingerprint density at radius 3 is 2.68 bits per heavy atom. The molecule has 0 bridgehead atoms. The topological polar surface area (TPSA) is 52.6 Å². The van der Waals surface area contributed by atoms with Gasteiger partial charge in [0.15, 0.2) is 0 Å². The van der Waals surface area contributed by atoms with Gasteiger partial charge in [-0.15, -0.1) is 0 Å². The fraction of sp³-hybridized carbons (Fsp3) is 0.533. The quantitative estimate of drug-likeness (QED) is 0.865. The molecule has 0 aliphatic carbocycles. The third-order valence-electron chi connectivity index (χ3n) is 3.33. The van der Waals surface area contributed by atoms with E-state index in [1.165, 1.54) is 11.1 Å². The van der Waals surface area contributed by atoms with Crippen molar-refractivity contribution in [3.05, 3.63) is 34.9 Å². The molecule has 2 N–H and O–H groups in total. The van der Waals surface area contributed by atoms with Crippen LogP contribution < -0.4 is 5.32 Å². The number of rotatable bonds is 4. The molecule has 1 aromatic carbocycles. The molecule has 0 atom stereocenters. The Morgan fingerprint density at radius 1 is 1.37 bits per heavy atom. The van der Waals surface area contributed by atoms with Gasteiger partial charge in [0.05, 0.1) is 5.60 Å². The number of aliphatic hydroxyl groups is 1. The van der Waals surface area contributed by atoms with Crippen LogP contribution in [0, 0.1) is 0 Å². The second-order valence-electron chi connectivity index (χ2n) is 5.72. The van der Waals surface area contributed by atoms with Crippen LogP contribution in [0.25, 0.3) is 0 Å². The molecule has 19 heavy (non-hydrogen) atoms. The van der Waals surface area contributed by atoms with Gasteiger partial charge in [-0.05, 0) is 44.0 Å². The fourth-order valence-corrected chi connectivity index (χ4v) is 2.40. The molecule has 0 spiro atoms. The first-order valence-electron chi connectivity index (χ1n) is 6.75. The molecule has 1 aliphatic rings. The Balaban J connectivity index is 2.18. The van der Waals surface area contributed by atoms with E-state index >= 15 is 0 Å². The number of carbonyl (C=O) groups is 1. The summed E-state index contributed by atoms with van der Waals surface area (Å²) < 4.78 is 0. The summed E-state index contributed by atoms with van der Waals surface area (Å²) in [6.07, 6.45) is 0. The van der Waals surface area contributed by atoms with Gasteiger partial charge in [0, 0.05) is 31.7 Å². The zero-order chi connectivity index (χ0) is 14.0. The molecule has 0 aromatic heterocycles. The maximum Gasteiger partial charge on any atom is 0.253 e. The third kappa shape index (κ3) is 3.33. The van der Waals surface area contributed by atoms with Crippen molar-refractivity contribution in [3.8, 4) is 0 Å². The first kappa shape index (κ1) is 14.0. The molecule has 0 unspecified atom stereocenters. The maximum atomic E-state index is 12.4. The van der Waals surface area contributed by atoms with E-state index < -0.39 is 5.60 Å². The van der Waals surface area contributed by atoms with Crippen molar-refractivity contribution in [2.45, 2.75) is 39.5 Å². The van der Waals surface area contributed by atoms with Crippen molar-refractivity contribution in [3.63, 3.8) is 0 Å². The molecular weight excluding hydrogens is 240 g/mol. The lowest BCUT2D eigenvalue weighted by molar-refractivity contribution is 0.0314. The van der Waals surface area contributed by atoms with Gasteiger partial charge in [0.2, 0.25) is 0 Å².